The van der Waals surface area contributed by atoms with Crippen molar-refractivity contribution in [3.63, 3.8) is 0 Å². The summed E-state index contributed by atoms with van der Waals surface area (Å²) in [7, 11) is 0. The second-order valence-electron chi connectivity index (χ2n) is 8.81. The second kappa shape index (κ2) is 8.28. The number of rotatable bonds is 4. The highest BCUT2D eigenvalue weighted by atomic mass is 35.5. The molecule has 0 bridgehead atoms. The first-order chi connectivity index (χ1) is 16.2. The van der Waals surface area contributed by atoms with Gasteiger partial charge in [-0.05, 0) is 73.8 Å². The van der Waals surface area contributed by atoms with E-state index in [0.29, 0.717) is 5.56 Å². The number of carbonyl (C=O) groups excluding carboxylic acids is 1. The van der Waals surface area contributed by atoms with Gasteiger partial charge in [0.05, 0.1) is 17.3 Å². The lowest BCUT2D eigenvalue weighted by atomic mass is 10.0. The van der Waals surface area contributed by atoms with Crippen molar-refractivity contribution in [3.05, 3.63) is 82.8 Å². The summed E-state index contributed by atoms with van der Waals surface area (Å²) in [6.07, 6.45) is 8.59. The van der Waals surface area contributed by atoms with Crippen molar-refractivity contribution in [1.29, 1.82) is 0 Å². The third kappa shape index (κ3) is 3.59. The molecule has 1 amide bonds. The summed E-state index contributed by atoms with van der Waals surface area (Å²) in [6, 6.07) is 13.8. The number of fused-ring (bicyclic) bond motifs is 2. The van der Waals surface area contributed by atoms with Crippen molar-refractivity contribution in [3.8, 4) is 11.3 Å². The fraction of sp³-hybridized carbons (Fsp3) is 0.269. The van der Waals surface area contributed by atoms with Crippen LogP contribution in [-0.4, -0.2) is 44.9 Å². The van der Waals surface area contributed by atoms with Gasteiger partial charge in [-0.2, -0.15) is 0 Å². The monoisotopic (exact) mass is 457 g/mol. The first-order valence-electron chi connectivity index (χ1n) is 11.4. The van der Waals surface area contributed by atoms with Gasteiger partial charge in [-0.25, -0.2) is 4.98 Å². The lowest BCUT2D eigenvalue weighted by Gasteiger charge is -2.30. The molecule has 0 saturated carbocycles. The van der Waals surface area contributed by atoms with E-state index in [9.17, 15) is 4.79 Å². The maximum atomic E-state index is 13.3. The van der Waals surface area contributed by atoms with Crippen LogP contribution in [-0.2, 0) is 6.42 Å². The number of pyridine rings is 2. The molecule has 0 spiro atoms. The average Bonchev–Trinajstić information content (AvgIpc) is 3.59. The molecular weight excluding hydrogens is 434 g/mol. The quantitative estimate of drug-likeness (QED) is 0.463. The van der Waals surface area contributed by atoms with E-state index in [-0.39, 0.29) is 18.0 Å². The van der Waals surface area contributed by atoms with E-state index in [2.05, 4.69) is 31.2 Å². The van der Waals surface area contributed by atoms with E-state index >= 15 is 0 Å². The number of benzene rings is 1. The number of carbonyl (C=O) groups is 1. The van der Waals surface area contributed by atoms with Crippen LogP contribution < -0.4 is 5.32 Å². The molecule has 7 heteroatoms. The molecule has 2 atom stereocenters. The Balaban J connectivity index is 1.27. The third-order valence-corrected chi connectivity index (χ3v) is 7.26. The number of H-pyrrole nitrogens is 1. The molecule has 4 aromatic rings. The largest absolute Gasteiger partial charge is 0.346 e. The molecule has 4 heterocycles. The van der Waals surface area contributed by atoms with Gasteiger partial charge >= 0.3 is 0 Å². The summed E-state index contributed by atoms with van der Waals surface area (Å²) in [5.74, 6) is -0.127. The minimum absolute atomic E-state index is 0.126. The number of nitrogens with one attached hydrogen (secondary N) is 2. The van der Waals surface area contributed by atoms with E-state index in [1.165, 1.54) is 18.4 Å². The van der Waals surface area contributed by atoms with Gasteiger partial charge in [0.25, 0.3) is 5.91 Å². The van der Waals surface area contributed by atoms with Crippen LogP contribution in [0.1, 0.15) is 40.4 Å². The highest BCUT2D eigenvalue weighted by molar-refractivity contribution is 6.31. The molecule has 1 aliphatic heterocycles. The molecule has 1 fully saturated rings. The Morgan fingerprint density at radius 2 is 1.97 bits per heavy atom. The van der Waals surface area contributed by atoms with Gasteiger partial charge in [0, 0.05) is 40.6 Å². The number of aromatic amines is 1. The predicted molar refractivity (Wildman–Crippen MR) is 129 cm³/mol. The van der Waals surface area contributed by atoms with Gasteiger partial charge in [-0.15, -0.1) is 0 Å². The number of nitrogens with zero attached hydrogens (tertiary/aromatic N) is 3. The van der Waals surface area contributed by atoms with Crippen LogP contribution in [0.2, 0.25) is 5.02 Å². The molecule has 6 nitrogen and oxygen atoms in total. The van der Waals surface area contributed by atoms with Crippen LogP contribution in [0.4, 0.5) is 0 Å². The molecule has 0 radical (unpaired) electrons. The van der Waals surface area contributed by atoms with Crippen LogP contribution in [0.15, 0.2) is 61.1 Å². The van der Waals surface area contributed by atoms with Crippen LogP contribution in [0.5, 0.6) is 0 Å². The van der Waals surface area contributed by atoms with E-state index < -0.39 is 0 Å². The molecule has 1 aliphatic carbocycles. The van der Waals surface area contributed by atoms with Crippen molar-refractivity contribution in [1.82, 2.24) is 25.2 Å². The Kier molecular flexibility index (Phi) is 5.12. The predicted octanol–water partition coefficient (Wildman–Crippen LogP) is 4.77. The average molecular weight is 458 g/mol. The zero-order valence-corrected chi connectivity index (χ0v) is 18.8. The molecule has 166 valence electrons. The Morgan fingerprint density at radius 3 is 2.79 bits per heavy atom. The first kappa shape index (κ1) is 20.4. The molecule has 0 unspecified atom stereocenters. The minimum Gasteiger partial charge on any atom is -0.346 e. The summed E-state index contributed by atoms with van der Waals surface area (Å²) in [6.45, 7) is 2.14. The van der Waals surface area contributed by atoms with Crippen molar-refractivity contribution in [2.24, 2.45) is 0 Å². The lowest BCUT2D eigenvalue weighted by Crippen LogP contribution is -2.43. The van der Waals surface area contributed by atoms with Crippen molar-refractivity contribution in [2.45, 2.75) is 31.3 Å². The van der Waals surface area contributed by atoms with Gasteiger partial charge in [-0.3, -0.25) is 14.7 Å². The maximum Gasteiger partial charge on any atom is 0.253 e. The summed E-state index contributed by atoms with van der Waals surface area (Å²) in [5.41, 5.74) is 5.44. The lowest BCUT2D eigenvalue weighted by molar-refractivity contribution is 0.0906. The topological polar surface area (TPSA) is 73.9 Å². The Bertz CT molecular complexity index is 1330. The second-order valence-corrected chi connectivity index (χ2v) is 9.22. The standard InChI is InChI=1S/C26H24ClN5O/c27-20-5-3-4-16-14-22(32-12-1-2-13-32)24(23(16)20)31-26(33)17-6-7-21(30-15-17)18-8-10-28-25-19(18)9-11-29-25/h3-11,15,22,24H,1-2,12-14H2,(H,28,29)(H,31,33)/t22-,24+/m1/s1. The van der Waals surface area contributed by atoms with Crippen LogP contribution in [0, 0.1) is 0 Å². The van der Waals surface area contributed by atoms with E-state index in [1.807, 2.05) is 42.6 Å². The Hall–Kier alpha value is -3.22. The number of hydrogen-bond acceptors (Lipinski definition) is 4. The van der Waals surface area contributed by atoms with E-state index in [4.69, 9.17) is 11.6 Å². The Morgan fingerprint density at radius 1 is 1.09 bits per heavy atom. The maximum absolute atomic E-state index is 13.3. The van der Waals surface area contributed by atoms with E-state index in [0.717, 1.165) is 52.4 Å². The summed E-state index contributed by atoms with van der Waals surface area (Å²) >= 11 is 6.60. The van der Waals surface area contributed by atoms with Crippen molar-refractivity contribution >= 4 is 28.5 Å². The van der Waals surface area contributed by atoms with Crippen molar-refractivity contribution < 1.29 is 4.79 Å². The van der Waals surface area contributed by atoms with Crippen LogP contribution >= 0.6 is 11.6 Å². The third-order valence-electron chi connectivity index (χ3n) is 6.93. The molecule has 1 saturated heterocycles. The fourth-order valence-corrected chi connectivity index (χ4v) is 5.63. The summed E-state index contributed by atoms with van der Waals surface area (Å²) in [5, 5.41) is 5.01. The number of amides is 1. The van der Waals surface area contributed by atoms with Gasteiger partial charge in [0.1, 0.15) is 5.65 Å². The van der Waals surface area contributed by atoms with Crippen LogP contribution in [0.3, 0.4) is 0 Å². The molecule has 33 heavy (non-hydrogen) atoms. The van der Waals surface area contributed by atoms with Gasteiger partial charge in [0.15, 0.2) is 0 Å². The molecule has 2 N–H and O–H groups in total. The molecule has 2 aliphatic rings. The van der Waals surface area contributed by atoms with Crippen molar-refractivity contribution in [2.75, 3.05) is 13.1 Å². The summed E-state index contributed by atoms with van der Waals surface area (Å²) in [4.78, 5) is 27.8. The zero-order valence-electron chi connectivity index (χ0n) is 18.1. The number of hydrogen-bond donors (Lipinski definition) is 2. The zero-order chi connectivity index (χ0) is 22.4. The molecule has 3 aromatic heterocycles. The smallest absolute Gasteiger partial charge is 0.253 e. The normalized spacial score (nSPS) is 20.3. The SMILES string of the molecule is O=C(N[C@@H]1c2c(Cl)cccc2C[C@H]1N1CCCC1)c1ccc(-c2ccnc3[nH]ccc23)nc1. The summed E-state index contributed by atoms with van der Waals surface area (Å²) < 4.78 is 0. The molecular formula is C26H24ClN5O. The molecule has 6 rings (SSSR count). The highest BCUT2D eigenvalue weighted by Gasteiger charge is 2.39. The van der Waals surface area contributed by atoms with E-state index in [1.54, 1.807) is 12.4 Å². The minimum atomic E-state index is -0.127. The first-order valence-corrected chi connectivity index (χ1v) is 11.8. The van der Waals surface area contributed by atoms with Gasteiger partial charge in [-0.1, -0.05) is 23.7 Å². The highest BCUT2D eigenvalue weighted by Crippen LogP contribution is 2.40. The number of aromatic nitrogens is 3. The Labute approximate surface area is 197 Å². The fourth-order valence-electron chi connectivity index (χ4n) is 5.32. The number of halogens is 1. The number of likely N-dealkylation sites (tertiary alicyclic amines) is 1. The van der Waals surface area contributed by atoms with Crippen LogP contribution in [0.25, 0.3) is 22.3 Å². The molecule has 1 aromatic carbocycles. The van der Waals surface area contributed by atoms with Gasteiger partial charge < -0.3 is 10.3 Å². The van der Waals surface area contributed by atoms with Gasteiger partial charge in [0.2, 0.25) is 0 Å².